The van der Waals surface area contributed by atoms with Gasteiger partial charge in [-0.3, -0.25) is 14.4 Å². The van der Waals surface area contributed by atoms with Crippen molar-refractivity contribution in [3.63, 3.8) is 0 Å². The third-order valence-electron chi connectivity index (χ3n) is 4.29. The van der Waals surface area contributed by atoms with E-state index < -0.39 is 36.5 Å². The second-order valence-corrected chi connectivity index (χ2v) is 6.82. The number of rotatable bonds is 12. The van der Waals surface area contributed by atoms with E-state index in [4.69, 9.17) is 27.2 Å². The minimum atomic E-state index is -1.67. The molecule has 0 aliphatic rings. The van der Waals surface area contributed by atoms with E-state index in [0.717, 1.165) is 0 Å². The summed E-state index contributed by atoms with van der Waals surface area (Å²) in [6.45, 7) is -0.698. The molecule has 0 spiro atoms. The summed E-state index contributed by atoms with van der Waals surface area (Å²) in [4.78, 5) is 35.7. The van der Waals surface area contributed by atoms with Crippen LogP contribution in [-0.2, 0) is 14.4 Å². The first-order chi connectivity index (χ1) is 14.1. The molecule has 0 fully saturated rings. The van der Waals surface area contributed by atoms with E-state index in [0.29, 0.717) is 5.69 Å². The Kier molecular flexibility index (Phi) is 10.4. The molecule has 0 saturated carbocycles. The maximum Gasteiger partial charge on any atom is 0.488 e. The average Bonchev–Trinajstić information content (AvgIpc) is 2.74. The number of amides is 3. The van der Waals surface area contributed by atoms with E-state index in [2.05, 4.69) is 16.0 Å². The van der Waals surface area contributed by atoms with E-state index in [1.165, 1.54) is 18.2 Å². The lowest BCUT2D eigenvalue weighted by atomic mass is 9.80. The van der Waals surface area contributed by atoms with Gasteiger partial charge < -0.3 is 48.3 Å². The maximum atomic E-state index is 12.0. The largest absolute Gasteiger partial charge is 0.488 e. The van der Waals surface area contributed by atoms with Gasteiger partial charge in [-0.2, -0.15) is 0 Å². The molecule has 3 amide bonds. The van der Waals surface area contributed by atoms with Crippen LogP contribution in [0.5, 0.6) is 0 Å². The predicted octanol–water partition coefficient (Wildman–Crippen LogP) is -4.71. The molecule has 1 rings (SSSR count). The van der Waals surface area contributed by atoms with Crippen LogP contribution < -0.4 is 38.6 Å². The minimum absolute atomic E-state index is 0.0272. The third kappa shape index (κ3) is 8.86. The molecule has 12 nitrogen and oxygen atoms in total. The molecule has 13 heteroatoms. The topological polar surface area (TPSA) is 226 Å². The van der Waals surface area contributed by atoms with Gasteiger partial charge in [-0.05, 0) is 24.0 Å². The molecule has 1 aromatic carbocycles. The van der Waals surface area contributed by atoms with Crippen LogP contribution in [0.4, 0.5) is 5.69 Å². The Labute approximate surface area is 174 Å². The van der Waals surface area contributed by atoms with E-state index in [1.807, 2.05) is 0 Å². The van der Waals surface area contributed by atoms with E-state index in [9.17, 15) is 19.5 Å². The second-order valence-electron chi connectivity index (χ2n) is 6.82. The predicted molar refractivity (Wildman–Crippen MR) is 111 cm³/mol. The quantitative estimate of drug-likeness (QED) is 0.147. The maximum absolute atomic E-state index is 12.0. The number of aliphatic hydroxyl groups is 1. The van der Waals surface area contributed by atoms with Crippen LogP contribution in [0.3, 0.4) is 0 Å². The van der Waals surface area contributed by atoms with Gasteiger partial charge in [0.2, 0.25) is 17.7 Å². The monoisotopic (exact) mass is 424 g/mol. The SMILES string of the molecule is NCC(O)(CN)CNC(=O)CCC(N)C(=O)NCC(=O)Nc1cccc(B(O)O)c1. The Balaban J connectivity index is 2.36. The van der Waals surface area contributed by atoms with Gasteiger partial charge in [0.25, 0.3) is 0 Å². The summed E-state index contributed by atoms with van der Waals surface area (Å²) in [6.07, 6.45) is -0.0400. The van der Waals surface area contributed by atoms with Crippen molar-refractivity contribution in [2.24, 2.45) is 17.2 Å². The number of benzene rings is 1. The highest BCUT2D eigenvalue weighted by atomic mass is 16.4. The zero-order valence-electron chi connectivity index (χ0n) is 16.5. The zero-order chi connectivity index (χ0) is 22.7. The summed E-state index contributed by atoms with van der Waals surface area (Å²) in [5.41, 5.74) is 15.6. The van der Waals surface area contributed by atoms with E-state index in [1.54, 1.807) is 6.07 Å². The highest BCUT2D eigenvalue weighted by molar-refractivity contribution is 6.58. The molecule has 1 unspecified atom stereocenters. The molecule has 0 bridgehead atoms. The molecule has 1 aromatic rings. The fourth-order valence-corrected chi connectivity index (χ4v) is 2.28. The number of nitrogens with one attached hydrogen (secondary N) is 3. The summed E-state index contributed by atoms with van der Waals surface area (Å²) in [5.74, 6) is -1.58. The Hall–Kier alpha value is -2.55. The zero-order valence-corrected chi connectivity index (χ0v) is 16.5. The van der Waals surface area contributed by atoms with Crippen molar-refractivity contribution >= 4 is 36.0 Å². The fourth-order valence-electron chi connectivity index (χ4n) is 2.28. The van der Waals surface area contributed by atoms with Gasteiger partial charge in [0.15, 0.2) is 0 Å². The first kappa shape index (κ1) is 25.5. The van der Waals surface area contributed by atoms with Crippen molar-refractivity contribution in [1.82, 2.24) is 10.6 Å². The standard InChI is InChI=1S/C17H29BN6O6/c19-8-17(28,9-20)10-23-14(25)5-4-13(21)16(27)22-7-15(26)24-12-3-1-2-11(6-12)18(29)30/h1-3,6,13,28-30H,4-5,7-10,19-21H2,(H,22,27)(H,23,25)(H,24,26). The number of hydrogen-bond acceptors (Lipinski definition) is 9. The number of anilines is 1. The van der Waals surface area contributed by atoms with Crippen LogP contribution in [0.15, 0.2) is 24.3 Å². The van der Waals surface area contributed by atoms with Gasteiger partial charge in [0.05, 0.1) is 12.6 Å². The number of carbonyl (C=O) groups excluding carboxylic acids is 3. The van der Waals surface area contributed by atoms with Gasteiger partial charge in [0, 0.05) is 31.7 Å². The molecular weight excluding hydrogens is 395 g/mol. The van der Waals surface area contributed by atoms with Crippen LogP contribution in [-0.4, -0.2) is 77.8 Å². The first-order valence-corrected chi connectivity index (χ1v) is 9.28. The fraction of sp³-hybridized carbons (Fsp3) is 0.471. The van der Waals surface area contributed by atoms with Crippen LogP contribution in [0.25, 0.3) is 0 Å². The number of carbonyl (C=O) groups is 3. The van der Waals surface area contributed by atoms with Crippen molar-refractivity contribution in [3.8, 4) is 0 Å². The molecule has 0 heterocycles. The van der Waals surface area contributed by atoms with Crippen LogP contribution >= 0.6 is 0 Å². The van der Waals surface area contributed by atoms with Gasteiger partial charge in [0.1, 0.15) is 5.60 Å². The average molecular weight is 424 g/mol. The molecule has 0 aromatic heterocycles. The van der Waals surface area contributed by atoms with Crippen molar-refractivity contribution in [2.75, 3.05) is 31.5 Å². The summed E-state index contributed by atoms with van der Waals surface area (Å²) >= 11 is 0. The van der Waals surface area contributed by atoms with Gasteiger partial charge in [-0.25, -0.2) is 0 Å². The summed E-state index contributed by atoms with van der Waals surface area (Å²) in [7, 11) is -1.67. The lowest BCUT2D eigenvalue weighted by molar-refractivity contribution is -0.126. The summed E-state index contributed by atoms with van der Waals surface area (Å²) in [5, 5.41) is 35.5. The molecule has 0 radical (unpaired) electrons. The summed E-state index contributed by atoms with van der Waals surface area (Å²) < 4.78 is 0. The Morgan fingerprint density at radius 2 is 1.77 bits per heavy atom. The highest BCUT2D eigenvalue weighted by Gasteiger charge is 2.24. The third-order valence-corrected chi connectivity index (χ3v) is 4.29. The van der Waals surface area contributed by atoms with Crippen molar-refractivity contribution in [1.29, 1.82) is 0 Å². The highest BCUT2D eigenvalue weighted by Crippen LogP contribution is 2.04. The molecule has 1 atom stereocenters. The Morgan fingerprint density at radius 3 is 2.37 bits per heavy atom. The van der Waals surface area contributed by atoms with Crippen LogP contribution in [0.2, 0.25) is 0 Å². The smallest absolute Gasteiger partial charge is 0.423 e. The molecule has 0 aliphatic heterocycles. The van der Waals surface area contributed by atoms with E-state index >= 15 is 0 Å². The molecular formula is C17H29BN6O6. The van der Waals surface area contributed by atoms with Crippen molar-refractivity contribution in [3.05, 3.63) is 24.3 Å². The normalized spacial score (nSPS) is 12.1. The molecule has 0 aliphatic carbocycles. The molecule has 12 N–H and O–H groups in total. The number of nitrogens with two attached hydrogens (primary N) is 3. The molecule has 166 valence electrons. The molecule has 0 saturated heterocycles. The summed E-state index contributed by atoms with van der Waals surface area (Å²) in [6, 6.07) is 4.92. The Morgan fingerprint density at radius 1 is 1.10 bits per heavy atom. The lowest BCUT2D eigenvalue weighted by Crippen LogP contribution is -2.53. The second kappa shape index (κ2) is 12.2. The van der Waals surface area contributed by atoms with E-state index in [-0.39, 0.29) is 44.5 Å². The van der Waals surface area contributed by atoms with Crippen LogP contribution in [0, 0.1) is 0 Å². The minimum Gasteiger partial charge on any atom is -0.423 e. The number of hydrogen-bond donors (Lipinski definition) is 9. The van der Waals surface area contributed by atoms with Gasteiger partial charge in [-0.1, -0.05) is 12.1 Å². The van der Waals surface area contributed by atoms with Crippen molar-refractivity contribution in [2.45, 2.75) is 24.5 Å². The van der Waals surface area contributed by atoms with Gasteiger partial charge in [-0.15, -0.1) is 0 Å². The van der Waals surface area contributed by atoms with Crippen molar-refractivity contribution < 1.29 is 29.5 Å². The van der Waals surface area contributed by atoms with Crippen LogP contribution in [0.1, 0.15) is 12.8 Å². The lowest BCUT2D eigenvalue weighted by Gasteiger charge is -2.24. The Bertz CT molecular complexity index is 730. The molecule has 30 heavy (non-hydrogen) atoms. The van der Waals surface area contributed by atoms with Gasteiger partial charge >= 0.3 is 7.12 Å². The first-order valence-electron chi connectivity index (χ1n) is 9.28.